The molecule has 0 aliphatic carbocycles. The lowest BCUT2D eigenvalue weighted by Gasteiger charge is -2.00. The Balaban J connectivity index is 2.13. The van der Waals surface area contributed by atoms with Gasteiger partial charge in [0.2, 0.25) is 0 Å². The van der Waals surface area contributed by atoms with Crippen LogP contribution in [0.1, 0.15) is 74.6 Å². The number of nitrogens with one attached hydrogen (secondary N) is 2. The number of aromatic carboxylic acids is 5. The molecule has 0 amide bonds. The van der Waals surface area contributed by atoms with E-state index in [-0.39, 0.29) is 39.3 Å². The van der Waals surface area contributed by atoms with Gasteiger partial charge >= 0.3 is 29.8 Å². The number of carbonyl (C=O) groups is 5. The molecule has 0 spiro atoms. The first kappa shape index (κ1) is 24.6. The van der Waals surface area contributed by atoms with Crippen molar-refractivity contribution in [1.29, 1.82) is 0 Å². The Bertz CT molecular complexity index is 1910. The maximum atomic E-state index is 12.3. The molecule has 0 saturated heterocycles. The fourth-order valence-corrected chi connectivity index (χ4v) is 4.36. The highest BCUT2D eigenvalue weighted by atomic mass is 16.4. The van der Waals surface area contributed by atoms with Gasteiger partial charge in [-0.1, -0.05) is 0 Å². The summed E-state index contributed by atoms with van der Waals surface area (Å²) in [7, 11) is 0. The number of aromatic amines is 2. The molecule has 39 heavy (non-hydrogen) atoms. The van der Waals surface area contributed by atoms with Crippen LogP contribution < -0.4 is 0 Å². The van der Waals surface area contributed by atoms with Crippen LogP contribution in [0, 0.1) is 0 Å². The molecule has 5 heterocycles. The van der Waals surface area contributed by atoms with E-state index in [1.54, 1.807) is 0 Å². The van der Waals surface area contributed by atoms with Crippen LogP contribution in [0.5, 0.6) is 0 Å². The van der Waals surface area contributed by atoms with Crippen LogP contribution in [0.4, 0.5) is 0 Å². The van der Waals surface area contributed by atoms with E-state index in [4.69, 9.17) is 0 Å². The molecule has 14 nitrogen and oxygen atoms in total. The van der Waals surface area contributed by atoms with Gasteiger partial charge in [0.05, 0.1) is 50.4 Å². The normalized spacial score (nSPS) is 11.9. The van der Waals surface area contributed by atoms with Crippen molar-refractivity contribution in [3.05, 3.63) is 68.8 Å². The van der Waals surface area contributed by atoms with Gasteiger partial charge in [0.15, 0.2) is 0 Å². The van der Waals surface area contributed by atoms with Gasteiger partial charge in [-0.2, -0.15) is 0 Å². The molecule has 8 bridgehead atoms. The average molecular weight is 530 g/mol. The zero-order valence-electron chi connectivity index (χ0n) is 19.2. The molecule has 14 heteroatoms. The number of nitrogens with zero attached hydrogens (tertiary/aromatic N) is 2. The van der Waals surface area contributed by atoms with Crippen molar-refractivity contribution in [2.75, 3.05) is 0 Å². The summed E-state index contributed by atoms with van der Waals surface area (Å²) in [6, 6.07) is 3.49. The monoisotopic (exact) mass is 530 g/mol. The quantitative estimate of drug-likeness (QED) is 0.173. The second-order valence-electron chi connectivity index (χ2n) is 8.21. The Kier molecular flexibility index (Phi) is 5.56. The molecule has 2 aliphatic heterocycles. The van der Waals surface area contributed by atoms with E-state index in [0.717, 1.165) is 12.1 Å². The highest BCUT2D eigenvalue weighted by Crippen LogP contribution is 2.29. The van der Waals surface area contributed by atoms with Crippen molar-refractivity contribution in [3.8, 4) is 0 Å². The lowest BCUT2D eigenvalue weighted by molar-refractivity contribution is 0.0682. The molecular weight excluding hydrogens is 516 g/mol. The fourth-order valence-electron chi connectivity index (χ4n) is 4.36. The van der Waals surface area contributed by atoms with Crippen molar-refractivity contribution in [2.24, 2.45) is 0 Å². The summed E-state index contributed by atoms with van der Waals surface area (Å²) in [6.07, 6.45) is 4.79. The van der Waals surface area contributed by atoms with E-state index in [9.17, 15) is 49.5 Å². The lowest BCUT2D eigenvalue weighted by Crippen LogP contribution is -2.05. The minimum absolute atomic E-state index is 0.0511. The number of carboxylic acid groups (broad SMARTS) is 5. The van der Waals surface area contributed by atoms with E-state index in [0.29, 0.717) is 0 Å². The third kappa shape index (κ3) is 3.97. The van der Waals surface area contributed by atoms with Crippen molar-refractivity contribution < 1.29 is 49.5 Å². The molecule has 7 N–H and O–H groups in total. The lowest BCUT2D eigenvalue weighted by atomic mass is 10.1. The van der Waals surface area contributed by atoms with E-state index in [1.807, 2.05) is 0 Å². The van der Waals surface area contributed by atoms with E-state index in [2.05, 4.69) is 19.9 Å². The highest BCUT2D eigenvalue weighted by Gasteiger charge is 2.25. The highest BCUT2D eigenvalue weighted by molar-refractivity contribution is 6.11. The molecule has 0 aromatic carbocycles. The van der Waals surface area contributed by atoms with E-state index in [1.165, 1.54) is 30.4 Å². The standard InChI is InChI=1S/C25H14N4O10/c30-21(31)8-7-15-18(24(36)37)13-4-3-11(27-13)16(22(32)33)9-1-2-10(26-9)17(23(34)35)12-5-6-14(28-12)19(25(38)39)20(8)29-15/h1-7,26,29H,(H,30,31)(H,32,33)(H,34,35)(H,36,37)(H,38,39). The Morgan fingerprint density at radius 3 is 1.28 bits per heavy atom. The van der Waals surface area contributed by atoms with Crippen LogP contribution in [-0.4, -0.2) is 75.3 Å². The molecule has 0 atom stereocenters. The summed E-state index contributed by atoms with van der Waals surface area (Å²) < 4.78 is 0. The van der Waals surface area contributed by atoms with Crippen molar-refractivity contribution >= 4 is 76.2 Å². The Morgan fingerprint density at radius 2 is 0.897 bits per heavy atom. The molecule has 3 aromatic heterocycles. The Morgan fingerprint density at radius 1 is 0.513 bits per heavy atom. The van der Waals surface area contributed by atoms with Gasteiger partial charge in [0.25, 0.3) is 0 Å². The van der Waals surface area contributed by atoms with Crippen molar-refractivity contribution in [1.82, 2.24) is 19.9 Å². The van der Waals surface area contributed by atoms with Gasteiger partial charge in [-0.3, -0.25) is 0 Å². The number of hydrogen-bond acceptors (Lipinski definition) is 7. The third-order valence-corrected chi connectivity index (χ3v) is 5.95. The van der Waals surface area contributed by atoms with Crippen LogP contribution in [0.2, 0.25) is 0 Å². The molecule has 0 radical (unpaired) electrons. The van der Waals surface area contributed by atoms with Crippen molar-refractivity contribution in [2.45, 2.75) is 0 Å². The fraction of sp³-hybridized carbons (Fsp3) is 0. The third-order valence-electron chi connectivity index (χ3n) is 5.95. The molecule has 194 valence electrons. The first-order valence-electron chi connectivity index (χ1n) is 10.8. The van der Waals surface area contributed by atoms with E-state index < -0.39 is 63.2 Å². The van der Waals surface area contributed by atoms with Gasteiger partial charge in [-0.25, -0.2) is 33.9 Å². The number of hydrogen-bond donors (Lipinski definition) is 7. The molecule has 3 aromatic rings. The predicted octanol–water partition coefficient (Wildman–Crippen LogP) is 3.15. The number of rotatable bonds is 5. The van der Waals surface area contributed by atoms with Gasteiger partial charge in [-0.15, -0.1) is 0 Å². The smallest absolute Gasteiger partial charge is 0.340 e. The summed E-state index contributed by atoms with van der Waals surface area (Å²) in [4.78, 5) is 74.4. The Hall–Kier alpha value is -6.05. The maximum absolute atomic E-state index is 12.3. The van der Waals surface area contributed by atoms with Gasteiger partial charge in [0.1, 0.15) is 22.3 Å². The van der Waals surface area contributed by atoms with Crippen LogP contribution >= 0.6 is 0 Å². The number of fused-ring (bicyclic) bond motifs is 8. The molecule has 0 fully saturated rings. The SMILES string of the molecule is O=C(O)c1c2nc(c(C(=O)O)c3cc(C(=O)O)c([nH]3)c(C(=O)O)c3nc(c(C(=O)O)c4ccc1[nH]4)C=C3)C=C2. The molecule has 0 unspecified atom stereocenters. The van der Waals surface area contributed by atoms with Gasteiger partial charge < -0.3 is 35.5 Å². The number of aromatic nitrogens is 4. The largest absolute Gasteiger partial charge is 0.478 e. The van der Waals surface area contributed by atoms with Gasteiger partial charge in [0, 0.05) is 0 Å². The first-order chi connectivity index (χ1) is 18.5. The van der Waals surface area contributed by atoms with E-state index >= 15 is 0 Å². The average Bonchev–Trinajstić information content (AvgIpc) is 3.62. The first-order valence-corrected chi connectivity index (χ1v) is 10.8. The summed E-state index contributed by atoms with van der Waals surface area (Å²) in [5.74, 6) is -7.69. The zero-order valence-corrected chi connectivity index (χ0v) is 19.2. The Labute approximate surface area is 214 Å². The van der Waals surface area contributed by atoms with Gasteiger partial charge in [-0.05, 0) is 42.5 Å². The van der Waals surface area contributed by atoms with Crippen molar-refractivity contribution in [3.63, 3.8) is 0 Å². The topological polar surface area (TPSA) is 244 Å². The second-order valence-corrected chi connectivity index (χ2v) is 8.21. The van der Waals surface area contributed by atoms with Crippen LogP contribution in [-0.2, 0) is 0 Å². The molecular formula is C25H14N4O10. The number of carboxylic acids is 5. The minimum Gasteiger partial charge on any atom is -0.478 e. The summed E-state index contributed by atoms with van der Waals surface area (Å²) in [5, 5.41) is 49.5. The minimum atomic E-state index is -1.62. The molecule has 0 saturated carbocycles. The second kappa shape index (κ2) is 8.81. The maximum Gasteiger partial charge on any atom is 0.340 e. The number of H-pyrrole nitrogens is 2. The van der Waals surface area contributed by atoms with Crippen LogP contribution in [0.3, 0.4) is 0 Å². The zero-order chi connectivity index (χ0) is 28.2. The summed E-state index contributed by atoms with van der Waals surface area (Å²) >= 11 is 0. The van der Waals surface area contributed by atoms with Crippen LogP contribution in [0.25, 0.3) is 46.4 Å². The molecule has 2 aliphatic rings. The van der Waals surface area contributed by atoms with Crippen LogP contribution in [0.15, 0.2) is 18.2 Å². The summed E-state index contributed by atoms with van der Waals surface area (Å²) in [6.45, 7) is 0. The molecule has 5 rings (SSSR count). The predicted molar refractivity (Wildman–Crippen MR) is 134 cm³/mol. The summed E-state index contributed by atoms with van der Waals surface area (Å²) in [5.41, 5.74) is -4.51.